The smallest absolute Gasteiger partial charge is 0.267 e. The summed E-state index contributed by atoms with van der Waals surface area (Å²) in [6, 6.07) is 16.3. The second-order valence-corrected chi connectivity index (χ2v) is 7.75. The molecule has 4 aromatic rings. The van der Waals surface area contributed by atoms with Gasteiger partial charge < -0.3 is 4.42 Å². The summed E-state index contributed by atoms with van der Waals surface area (Å²) >= 11 is 0. The molecule has 0 spiro atoms. The van der Waals surface area contributed by atoms with Gasteiger partial charge in [0.05, 0.1) is 22.2 Å². The highest BCUT2D eigenvalue weighted by Crippen LogP contribution is 2.25. The number of benzene rings is 2. The van der Waals surface area contributed by atoms with Gasteiger partial charge in [-0.05, 0) is 42.5 Å². The van der Waals surface area contributed by atoms with Crippen molar-refractivity contribution >= 4 is 26.8 Å². The number of aromatic nitrogens is 1. The minimum atomic E-state index is -4.15. The summed E-state index contributed by atoms with van der Waals surface area (Å²) in [5.74, 6) is -0.941. The first-order valence-corrected chi connectivity index (χ1v) is 9.94. The van der Waals surface area contributed by atoms with Crippen LogP contribution in [0.2, 0.25) is 0 Å². The number of nitrogens with one attached hydrogen (secondary N) is 2. The second kappa shape index (κ2) is 7.46. The number of carbonyl (C=O) groups excluding carboxylic acids is 1. The molecule has 0 aliphatic rings. The lowest BCUT2D eigenvalue weighted by molar-refractivity contribution is 0.0946. The van der Waals surface area contributed by atoms with E-state index in [0.717, 1.165) is 12.1 Å². The molecule has 1 amide bonds. The summed E-state index contributed by atoms with van der Waals surface area (Å²) in [5.41, 5.74) is 3.33. The Bertz CT molecular complexity index is 1300. The molecule has 0 atom stereocenters. The fourth-order valence-electron chi connectivity index (χ4n) is 2.79. The van der Waals surface area contributed by atoms with Crippen LogP contribution in [0.5, 0.6) is 0 Å². The standard InChI is InChI=1S/C20H14FN3O4S/c21-13-5-3-6-14(11-13)29(26,27)24-23-20(25)16-12-18(19-9-4-10-28-19)22-17-8-2-1-7-15(16)17/h1-12,24H,(H,23,25). The van der Waals surface area contributed by atoms with E-state index in [1.807, 2.05) is 4.83 Å². The SMILES string of the molecule is O=C(NNS(=O)(=O)c1cccc(F)c1)c1cc(-c2ccco2)nc2ccccc12. The molecule has 0 fully saturated rings. The Morgan fingerprint density at radius 3 is 2.59 bits per heavy atom. The van der Waals surface area contributed by atoms with Crippen LogP contribution >= 0.6 is 0 Å². The highest BCUT2D eigenvalue weighted by molar-refractivity contribution is 7.89. The van der Waals surface area contributed by atoms with Gasteiger partial charge in [-0.25, -0.2) is 17.8 Å². The van der Waals surface area contributed by atoms with Gasteiger partial charge in [0.1, 0.15) is 11.5 Å². The number of halogens is 1. The zero-order chi connectivity index (χ0) is 20.4. The number of sulfonamides is 1. The number of para-hydroxylation sites is 1. The zero-order valence-electron chi connectivity index (χ0n) is 14.8. The number of rotatable bonds is 5. The van der Waals surface area contributed by atoms with Crippen LogP contribution in [0, 0.1) is 5.82 Å². The van der Waals surface area contributed by atoms with Crippen molar-refractivity contribution in [2.24, 2.45) is 0 Å². The Labute approximate surface area is 165 Å². The molecule has 2 heterocycles. The molecular formula is C20H14FN3O4S. The van der Waals surface area contributed by atoms with Crippen LogP contribution in [0.15, 0.2) is 82.3 Å². The molecule has 2 N–H and O–H groups in total. The van der Waals surface area contributed by atoms with Crippen molar-refractivity contribution in [2.45, 2.75) is 4.90 Å². The molecular weight excluding hydrogens is 397 g/mol. The van der Waals surface area contributed by atoms with E-state index in [9.17, 15) is 17.6 Å². The Hall–Kier alpha value is -3.56. The minimum Gasteiger partial charge on any atom is -0.463 e. The fraction of sp³-hybridized carbons (Fsp3) is 0. The van der Waals surface area contributed by atoms with Gasteiger partial charge in [0.25, 0.3) is 15.9 Å². The number of fused-ring (bicyclic) bond motifs is 1. The number of hydrogen-bond acceptors (Lipinski definition) is 5. The van der Waals surface area contributed by atoms with Crippen LogP contribution < -0.4 is 10.3 Å². The highest BCUT2D eigenvalue weighted by atomic mass is 32.2. The fourth-order valence-corrected chi connectivity index (χ4v) is 3.66. The lowest BCUT2D eigenvalue weighted by atomic mass is 10.1. The van der Waals surface area contributed by atoms with E-state index >= 15 is 0 Å². The molecule has 0 aliphatic carbocycles. The predicted octanol–water partition coefficient (Wildman–Crippen LogP) is 3.26. The molecule has 2 aromatic heterocycles. The maximum atomic E-state index is 13.3. The number of hydrazine groups is 1. The van der Waals surface area contributed by atoms with Gasteiger partial charge >= 0.3 is 0 Å². The Kier molecular flexibility index (Phi) is 4.83. The Morgan fingerprint density at radius 2 is 1.83 bits per heavy atom. The van der Waals surface area contributed by atoms with Crippen LogP contribution in [0.3, 0.4) is 0 Å². The maximum absolute atomic E-state index is 13.3. The van der Waals surface area contributed by atoms with E-state index in [-0.39, 0.29) is 10.5 Å². The molecule has 29 heavy (non-hydrogen) atoms. The number of pyridine rings is 1. The molecule has 0 radical (unpaired) electrons. The molecule has 4 rings (SSSR count). The van der Waals surface area contributed by atoms with Gasteiger partial charge in [0, 0.05) is 5.39 Å². The summed E-state index contributed by atoms with van der Waals surface area (Å²) in [5, 5.41) is 0.533. The molecule has 0 saturated carbocycles. The van der Waals surface area contributed by atoms with Crippen LogP contribution in [-0.2, 0) is 10.0 Å². The second-order valence-electron chi connectivity index (χ2n) is 6.07. The van der Waals surface area contributed by atoms with Crippen LogP contribution in [-0.4, -0.2) is 19.3 Å². The van der Waals surface area contributed by atoms with Crippen molar-refractivity contribution in [3.05, 3.63) is 84.4 Å². The Balaban J connectivity index is 1.66. The third-order valence-electron chi connectivity index (χ3n) is 4.14. The van der Waals surface area contributed by atoms with Crippen molar-refractivity contribution in [3.63, 3.8) is 0 Å². The number of hydrogen-bond donors (Lipinski definition) is 2. The number of nitrogens with zero attached hydrogens (tertiary/aromatic N) is 1. The summed E-state index contributed by atoms with van der Waals surface area (Å²) in [7, 11) is -4.15. The first-order valence-electron chi connectivity index (χ1n) is 8.45. The maximum Gasteiger partial charge on any atom is 0.267 e. The van der Waals surface area contributed by atoms with E-state index in [1.54, 1.807) is 36.4 Å². The van der Waals surface area contributed by atoms with Crippen molar-refractivity contribution < 1.29 is 22.0 Å². The van der Waals surface area contributed by atoms with Gasteiger partial charge in [0.15, 0.2) is 5.76 Å². The molecule has 2 aromatic carbocycles. The van der Waals surface area contributed by atoms with E-state index in [0.29, 0.717) is 22.4 Å². The van der Waals surface area contributed by atoms with Gasteiger partial charge in [0.2, 0.25) is 0 Å². The summed E-state index contributed by atoms with van der Waals surface area (Å²) in [6.07, 6.45) is 1.49. The monoisotopic (exact) mass is 411 g/mol. The van der Waals surface area contributed by atoms with Crippen molar-refractivity contribution in [2.75, 3.05) is 0 Å². The van der Waals surface area contributed by atoms with Gasteiger partial charge in [-0.3, -0.25) is 10.2 Å². The largest absolute Gasteiger partial charge is 0.463 e. The quantitative estimate of drug-likeness (QED) is 0.491. The Morgan fingerprint density at radius 1 is 1.00 bits per heavy atom. The lowest BCUT2D eigenvalue weighted by Crippen LogP contribution is -2.41. The van der Waals surface area contributed by atoms with E-state index < -0.39 is 21.7 Å². The number of amides is 1. The average molecular weight is 411 g/mol. The van der Waals surface area contributed by atoms with E-state index in [2.05, 4.69) is 10.4 Å². The molecule has 0 unspecified atom stereocenters. The molecule has 7 nitrogen and oxygen atoms in total. The molecule has 0 aliphatic heterocycles. The van der Waals surface area contributed by atoms with Crippen LogP contribution in [0.4, 0.5) is 4.39 Å². The first-order chi connectivity index (χ1) is 13.9. The topological polar surface area (TPSA) is 101 Å². The molecule has 0 bridgehead atoms. The number of furan rings is 1. The third kappa shape index (κ3) is 3.86. The van der Waals surface area contributed by atoms with Crippen LogP contribution in [0.25, 0.3) is 22.4 Å². The van der Waals surface area contributed by atoms with Crippen molar-refractivity contribution in [3.8, 4) is 11.5 Å². The van der Waals surface area contributed by atoms with Gasteiger partial charge in [-0.15, -0.1) is 4.83 Å². The molecule has 0 saturated heterocycles. The minimum absolute atomic E-state index is 0.198. The van der Waals surface area contributed by atoms with Gasteiger partial charge in [-0.2, -0.15) is 0 Å². The molecule has 9 heteroatoms. The average Bonchev–Trinajstić information content (AvgIpc) is 3.26. The van der Waals surface area contributed by atoms with E-state index in [4.69, 9.17) is 4.42 Å². The summed E-state index contributed by atoms with van der Waals surface area (Å²) in [4.78, 5) is 18.9. The summed E-state index contributed by atoms with van der Waals surface area (Å²) in [6.45, 7) is 0. The number of carbonyl (C=O) groups is 1. The van der Waals surface area contributed by atoms with Crippen molar-refractivity contribution in [1.29, 1.82) is 0 Å². The normalized spacial score (nSPS) is 11.5. The van der Waals surface area contributed by atoms with E-state index in [1.165, 1.54) is 24.5 Å². The van der Waals surface area contributed by atoms with Crippen LogP contribution in [0.1, 0.15) is 10.4 Å². The zero-order valence-corrected chi connectivity index (χ0v) is 15.6. The predicted molar refractivity (Wildman–Crippen MR) is 104 cm³/mol. The first kappa shape index (κ1) is 18.8. The summed E-state index contributed by atoms with van der Waals surface area (Å²) < 4.78 is 43.3. The van der Waals surface area contributed by atoms with Crippen molar-refractivity contribution in [1.82, 2.24) is 15.2 Å². The highest BCUT2D eigenvalue weighted by Gasteiger charge is 2.19. The van der Waals surface area contributed by atoms with Gasteiger partial charge in [-0.1, -0.05) is 24.3 Å². The molecule has 146 valence electrons. The lowest BCUT2D eigenvalue weighted by Gasteiger charge is -2.11. The third-order valence-corrected chi connectivity index (χ3v) is 5.39.